The Morgan fingerprint density at radius 1 is 1.52 bits per heavy atom. The van der Waals surface area contributed by atoms with Crippen molar-refractivity contribution in [3.63, 3.8) is 0 Å². The summed E-state index contributed by atoms with van der Waals surface area (Å²) in [7, 11) is -1.97. The molecule has 0 aromatic carbocycles. The van der Waals surface area contributed by atoms with Crippen molar-refractivity contribution < 1.29 is 13.8 Å². The molecule has 1 unspecified atom stereocenters. The van der Waals surface area contributed by atoms with Gasteiger partial charge in [-0.3, -0.25) is 4.57 Å². The molecular formula is C10H14N6O3PS+. The minimum Gasteiger partial charge on any atom is -0.382 e. The molecule has 0 spiro atoms. The van der Waals surface area contributed by atoms with Crippen molar-refractivity contribution in [2.24, 2.45) is 5.73 Å². The van der Waals surface area contributed by atoms with Crippen LogP contribution in [0, 0.1) is 0 Å². The molecule has 0 bridgehead atoms. The van der Waals surface area contributed by atoms with Gasteiger partial charge in [0.25, 0.3) is 0 Å². The minimum atomic E-state index is -1.97. The predicted molar refractivity (Wildman–Crippen MR) is 78.8 cm³/mol. The lowest BCUT2D eigenvalue weighted by molar-refractivity contribution is -0.0167. The van der Waals surface area contributed by atoms with E-state index in [0.29, 0.717) is 23.4 Å². The smallest absolute Gasteiger partial charge is 0.382 e. The number of nitrogen functional groups attached to an aromatic ring is 1. The molecule has 2 aromatic rings. The number of nitrogens with two attached hydrogens (primary N) is 2. The maximum Gasteiger partial charge on any atom is 0.582 e. The number of ether oxygens (including phenoxy) is 1. The summed E-state index contributed by atoms with van der Waals surface area (Å²) in [4.78, 5) is 12.2. The topological polar surface area (TPSA) is 131 Å². The highest BCUT2D eigenvalue weighted by Crippen LogP contribution is 2.33. The van der Waals surface area contributed by atoms with E-state index in [-0.39, 0.29) is 25.0 Å². The molecule has 1 aliphatic heterocycles. The zero-order valence-electron chi connectivity index (χ0n) is 10.9. The van der Waals surface area contributed by atoms with E-state index in [2.05, 4.69) is 27.2 Å². The molecule has 0 aliphatic carbocycles. The molecule has 0 saturated carbocycles. The van der Waals surface area contributed by atoms with Crippen LogP contribution in [0.15, 0.2) is 12.7 Å². The summed E-state index contributed by atoms with van der Waals surface area (Å²) in [5.74, 6) is 0.313. The van der Waals surface area contributed by atoms with Gasteiger partial charge in [0.2, 0.25) is 0 Å². The third-order valence-electron chi connectivity index (χ3n) is 3.33. The quantitative estimate of drug-likeness (QED) is 0.550. The Balaban J connectivity index is 1.81. The van der Waals surface area contributed by atoms with Gasteiger partial charge in [0.05, 0.1) is 6.33 Å². The largest absolute Gasteiger partial charge is 0.582 e. The summed E-state index contributed by atoms with van der Waals surface area (Å²) in [6.45, 7) is 0.125. The van der Waals surface area contributed by atoms with Crippen LogP contribution >= 0.6 is 19.5 Å². The number of anilines is 1. The zero-order chi connectivity index (χ0) is 15.0. The normalized spacial score (nSPS) is 26.4. The van der Waals surface area contributed by atoms with Crippen LogP contribution in [-0.2, 0) is 13.8 Å². The summed E-state index contributed by atoms with van der Waals surface area (Å²) in [6.07, 6.45) is 2.84. The lowest BCUT2D eigenvalue weighted by atomic mass is 10.1. The number of nitrogens with zero attached hydrogens (tertiary/aromatic N) is 4. The Kier molecular flexibility index (Phi) is 4.05. The number of hydrogen-bond donors (Lipinski definition) is 3. The van der Waals surface area contributed by atoms with Crippen molar-refractivity contribution in [2.45, 2.75) is 24.8 Å². The fourth-order valence-corrected chi connectivity index (χ4v) is 2.78. The zero-order valence-corrected chi connectivity index (χ0v) is 12.7. The first kappa shape index (κ1) is 14.6. The van der Waals surface area contributed by atoms with Gasteiger partial charge >= 0.3 is 7.23 Å². The molecule has 9 nitrogen and oxygen atoms in total. The van der Waals surface area contributed by atoms with Crippen LogP contribution in [0.1, 0.15) is 12.6 Å². The van der Waals surface area contributed by atoms with Gasteiger partial charge in [-0.1, -0.05) is 0 Å². The molecule has 112 valence electrons. The van der Waals surface area contributed by atoms with Crippen molar-refractivity contribution in [1.29, 1.82) is 0 Å². The number of rotatable bonds is 4. The molecule has 21 heavy (non-hydrogen) atoms. The van der Waals surface area contributed by atoms with E-state index in [4.69, 9.17) is 20.7 Å². The predicted octanol–water partition coefficient (Wildman–Crippen LogP) is 0.627. The Bertz CT molecular complexity index is 682. The van der Waals surface area contributed by atoms with E-state index < -0.39 is 7.23 Å². The van der Waals surface area contributed by atoms with Gasteiger partial charge in [-0.25, -0.2) is 15.0 Å². The number of thiol groups is 1. The molecule has 1 fully saturated rings. The molecule has 3 heterocycles. The highest BCUT2D eigenvalue weighted by atomic mass is 32.7. The summed E-state index contributed by atoms with van der Waals surface area (Å²) < 4.78 is 23.4. The molecule has 4 atom stereocenters. The third kappa shape index (κ3) is 2.85. The van der Waals surface area contributed by atoms with Gasteiger partial charge in [0.15, 0.2) is 11.5 Å². The first-order valence-electron chi connectivity index (χ1n) is 6.19. The van der Waals surface area contributed by atoms with Gasteiger partial charge < -0.3 is 16.2 Å². The van der Waals surface area contributed by atoms with E-state index in [9.17, 15) is 4.57 Å². The minimum absolute atomic E-state index is 0.125. The SMILES string of the molecule is Nc1ncnc2c1ncn2[C@H]1C[C@@H](N)[C@@H](CO[P+](=O)S)O1. The van der Waals surface area contributed by atoms with Crippen LogP contribution < -0.4 is 11.5 Å². The Morgan fingerprint density at radius 2 is 2.33 bits per heavy atom. The van der Waals surface area contributed by atoms with Crippen LogP contribution in [0.3, 0.4) is 0 Å². The van der Waals surface area contributed by atoms with Crippen LogP contribution in [-0.4, -0.2) is 38.3 Å². The van der Waals surface area contributed by atoms with Crippen molar-refractivity contribution in [3.05, 3.63) is 12.7 Å². The average molecular weight is 329 g/mol. The third-order valence-corrected chi connectivity index (χ3v) is 4.05. The van der Waals surface area contributed by atoms with Crippen LogP contribution in [0.25, 0.3) is 11.2 Å². The van der Waals surface area contributed by atoms with Crippen molar-refractivity contribution in [1.82, 2.24) is 19.5 Å². The molecule has 0 radical (unpaired) electrons. The molecular weight excluding hydrogens is 315 g/mol. The second-order valence-corrected chi connectivity index (χ2v) is 6.36. The number of fused-ring (bicyclic) bond motifs is 1. The summed E-state index contributed by atoms with van der Waals surface area (Å²) in [5.41, 5.74) is 12.9. The average Bonchev–Trinajstić information content (AvgIpc) is 3.01. The number of hydrogen-bond acceptors (Lipinski definition) is 8. The van der Waals surface area contributed by atoms with E-state index in [0.717, 1.165) is 0 Å². The molecule has 2 aromatic heterocycles. The fourth-order valence-electron chi connectivity index (χ4n) is 2.30. The Hall–Kier alpha value is -1.32. The number of imidazole rings is 1. The molecule has 3 rings (SSSR count). The van der Waals surface area contributed by atoms with E-state index >= 15 is 0 Å². The molecule has 11 heteroatoms. The maximum atomic E-state index is 10.9. The second-order valence-electron chi connectivity index (χ2n) is 4.65. The summed E-state index contributed by atoms with van der Waals surface area (Å²) in [6, 6.07) is -0.241. The highest BCUT2D eigenvalue weighted by molar-refractivity contribution is 8.39. The Labute approximate surface area is 126 Å². The first-order chi connectivity index (χ1) is 10.1. The maximum absolute atomic E-state index is 10.9. The summed E-state index contributed by atoms with van der Waals surface area (Å²) >= 11 is 3.69. The van der Waals surface area contributed by atoms with Gasteiger partial charge in [-0.15, -0.1) is 4.52 Å². The standard InChI is InChI=1S/C10H13N6O3PS/c11-5-1-7(19-6(5)2-18-20(17)21)16-4-15-8-9(12)13-3-14-10(8)16/h3-7H,1-2,11H2,(H2-,12,13,14,17,21)/p+1/t5-,6-,7-/m1/s1. The summed E-state index contributed by atoms with van der Waals surface area (Å²) in [5, 5.41) is 0. The van der Waals surface area contributed by atoms with Gasteiger partial charge in [-0.2, -0.15) is 0 Å². The monoisotopic (exact) mass is 329 g/mol. The van der Waals surface area contributed by atoms with Crippen LogP contribution in [0.2, 0.25) is 0 Å². The van der Waals surface area contributed by atoms with E-state index in [1.807, 2.05) is 0 Å². The van der Waals surface area contributed by atoms with Crippen molar-refractivity contribution >= 4 is 36.5 Å². The van der Waals surface area contributed by atoms with Gasteiger partial charge in [0.1, 0.15) is 43.0 Å². The molecule has 4 N–H and O–H groups in total. The van der Waals surface area contributed by atoms with E-state index in [1.54, 1.807) is 10.9 Å². The highest BCUT2D eigenvalue weighted by Gasteiger charge is 2.36. The molecule has 0 amide bonds. The van der Waals surface area contributed by atoms with Crippen molar-refractivity contribution in [2.75, 3.05) is 12.3 Å². The fraction of sp³-hybridized carbons (Fsp3) is 0.500. The number of aromatic nitrogens is 4. The van der Waals surface area contributed by atoms with E-state index in [1.165, 1.54) is 6.33 Å². The lowest BCUT2D eigenvalue weighted by Crippen LogP contribution is -2.33. The van der Waals surface area contributed by atoms with Gasteiger partial charge in [0, 0.05) is 12.5 Å². The van der Waals surface area contributed by atoms with Crippen LogP contribution in [0.5, 0.6) is 0 Å². The first-order valence-corrected chi connectivity index (χ1v) is 8.52. The Morgan fingerprint density at radius 3 is 3.10 bits per heavy atom. The molecule has 1 saturated heterocycles. The van der Waals surface area contributed by atoms with Gasteiger partial charge in [-0.05, 0) is 4.57 Å². The molecule has 1 aliphatic rings. The lowest BCUT2D eigenvalue weighted by Gasteiger charge is -2.13. The van der Waals surface area contributed by atoms with Crippen molar-refractivity contribution in [3.8, 4) is 0 Å². The second kappa shape index (κ2) is 5.82. The van der Waals surface area contributed by atoms with Crippen LogP contribution in [0.4, 0.5) is 5.82 Å².